The van der Waals surface area contributed by atoms with Gasteiger partial charge in [0.25, 0.3) is 0 Å². The van der Waals surface area contributed by atoms with Gasteiger partial charge in [-0.05, 0) is 25.1 Å². The third kappa shape index (κ3) is 1.35. The van der Waals surface area contributed by atoms with Crippen LogP contribution in [0.25, 0.3) is 11.3 Å². The van der Waals surface area contributed by atoms with Crippen LogP contribution in [0.15, 0.2) is 18.2 Å². The first kappa shape index (κ1) is 10.3. The molecule has 1 aromatic heterocycles. The van der Waals surface area contributed by atoms with Crippen molar-refractivity contribution >= 4 is 5.69 Å². The second-order valence-electron chi connectivity index (χ2n) is 4.37. The molecular weight excluding hydrogens is 219 g/mol. The van der Waals surface area contributed by atoms with Crippen LogP contribution in [0.2, 0.25) is 0 Å². The molecule has 4 nitrogen and oxygen atoms in total. The zero-order valence-electron chi connectivity index (χ0n) is 9.98. The number of nitrogens with zero attached hydrogens (tertiary/aromatic N) is 4. The predicted molar refractivity (Wildman–Crippen MR) is 63.2 cm³/mol. The highest BCUT2D eigenvalue weighted by Crippen LogP contribution is 2.41. The molecule has 17 heavy (non-hydrogen) atoms. The average molecular weight is 232 g/mol. The van der Waals surface area contributed by atoms with Gasteiger partial charge in [-0.2, -0.15) is 15.0 Å². The lowest BCUT2D eigenvalue weighted by molar-refractivity contribution is 0.622. The van der Waals surface area contributed by atoms with Gasteiger partial charge < -0.3 is 4.90 Å². The van der Waals surface area contributed by atoms with Gasteiger partial charge in [0.2, 0.25) is 0 Å². The molecule has 5 heteroatoms. The molecule has 0 aliphatic carbocycles. The molecule has 1 atom stereocenters. The highest BCUT2D eigenvalue weighted by molar-refractivity contribution is 5.81. The van der Waals surface area contributed by atoms with Gasteiger partial charge in [-0.15, -0.1) is 0 Å². The van der Waals surface area contributed by atoms with Gasteiger partial charge in [0.05, 0.1) is 6.04 Å². The van der Waals surface area contributed by atoms with Crippen molar-refractivity contribution in [3.63, 3.8) is 0 Å². The Morgan fingerprint density at radius 1 is 1.24 bits per heavy atom. The monoisotopic (exact) mass is 232 g/mol. The van der Waals surface area contributed by atoms with Crippen LogP contribution < -0.4 is 4.90 Å². The first-order valence-corrected chi connectivity index (χ1v) is 5.52. The van der Waals surface area contributed by atoms with Crippen molar-refractivity contribution in [2.45, 2.75) is 13.0 Å². The van der Waals surface area contributed by atoms with Crippen LogP contribution in [0.4, 0.5) is 10.1 Å². The van der Waals surface area contributed by atoms with Crippen LogP contribution >= 0.6 is 0 Å². The summed E-state index contributed by atoms with van der Waals surface area (Å²) in [6, 6.07) is 4.93. The number of fused-ring (bicyclic) bond motifs is 3. The van der Waals surface area contributed by atoms with Crippen molar-refractivity contribution in [1.82, 2.24) is 15.0 Å². The molecule has 88 valence electrons. The summed E-state index contributed by atoms with van der Waals surface area (Å²) in [5.41, 5.74) is 3.49. The number of anilines is 1. The number of hydrogen-bond acceptors (Lipinski definition) is 3. The Morgan fingerprint density at radius 2 is 2.00 bits per heavy atom. The molecule has 0 radical (unpaired) electrons. The smallest absolute Gasteiger partial charge is 0.124 e. The Balaban J connectivity index is 2.32. The van der Waals surface area contributed by atoms with Crippen molar-refractivity contribution in [3.8, 4) is 11.3 Å². The van der Waals surface area contributed by atoms with Crippen LogP contribution in [0.3, 0.4) is 0 Å². The molecule has 1 unspecified atom stereocenters. The molecule has 3 rings (SSSR count). The molecule has 1 aliphatic rings. The third-order valence-electron chi connectivity index (χ3n) is 3.31. The Hall–Kier alpha value is -1.91. The minimum atomic E-state index is -0.247. The Kier molecular flexibility index (Phi) is 1.98. The van der Waals surface area contributed by atoms with Gasteiger partial charge in [0.1, 0.15) is 17.2 Å². The summed E-state index contributed by atoms with van der Waals surface area (Å²) in [6.45, 7) is 2.07. The fraction of sp³-hybridized carbons (Fsp3) is 0.333. The van der Waals surface area contributed by atoms with E-state index in [1.807, 2.05) is 7.05 Å². The van der Waals surface area contributed by atoms with Crippen LogP contribution in [-0.4, -0.2) is 22.0 Å². The van der Waals surface area contributed by atoms with Crippen LogP contribution in [-0.2, 0) is 7.05 Å². The summed E-state index contributed by atoms with van der Waals surface area (Å²) in [4.78, 5) is 3.63. The summed E-state index contributed by atoms with van der Waals surface area (Å²) in [5.74, 6) is -0.247. The third-order valence-corrected chi connectivity index (χ3v) is 3.31. The van der Waals surface area contributed by atoms with Crippen LogP contribution in [0, 0.1) is 5.82 Å². The Labute approximate surface area is 98.7 Å². The molecule has 0 saturated carbocycles. The first-order valence-electron chi connectivity index (χ1n) is 5.52. The summed E-state index contributed by atoms with van der Waals surface area (Å²) in [6.07, 6.45) is 0. The normalized spacial score (nSPS) is 17.9. The first-order chi connectivity index (χ1) is 8.08. The minimum Gasteiger partial charge on any atom is -0.366 e. The van der Waals surface area contributed by atoms with E-state index in [4.69, 9.17) is 0 Å². The van der Waals surface area contributed by atoms with Gasteiger partial charge >= 0.3 is 0 Å². The molecule has 0 saturated heterocycles. The van der Waals surface area contributed by atoms with Crippen molar-refractivity contribution < 1.29 is 4.39 Å². The van der Waals surface area contributed by atoms with E-state index < -0.39 is 0 Å². The predicted octanol–water partition coefficient (Wildman–Crippen LogP) is 2.13. The fourth-order valence-electron chi connectivity index (χ4n) is 2.29. The van der Waals surface area contributed by atoms with E-state index in [-0.39, 0.29) is 11.9 Å². The lowest BCUT2D eigenvalue weighted by atomic mass is 9.98. The number of rotatable bonds is 0. The Morgan fingerprint density at radius 3 is 2.76 bits per heavy atom. The number of aromatic nitrogens is 3. The maximum absolute atomic E-state index is 13.3. The SMILES string of the molecule is CC1c2nn(C)nc2-c2cc(F)ccc2N1C. The molecule has 1 aromatic carbocycles. The number of benzene rings is 1. The van der Waals surface area contributed by atoms with E-state index in [1.165, 1.54) is 16.9 Å². The van der Waals surface area contributed by atoms with Crippen molar-refractivity contribution in [2.24, 2.45) is 7.05 Å². The second-order valence-corrected chi connectivity index (χ2v) is 4.37. The van der Waals surface area contributed by atoms with E-state index >= 15 is 0 Å². The average Bonchev–Trinajstić information content (AvgIpc) is 2.68. The summed E-state index contributed by atoms with van der Waals surface area (Å²) < 4.78 is 13.3. The highest BCUT2D eigenvalue weighted by Gasteiger charge is 2.30. The maximum Gasteiger partial charge on any atom is 0.124 e. The van der Waals surface area contributed by atoms with E-state index in [9.17, 15) is 4.39 Å². The molecule has 0 fully saturated rings. The Bertz CT molecular complexity index is 590. The van der Waals surface area contributed by atoms with Crippen LogP contribution in [0.5, 0.6) is 0 Å². The quantitative estimate of drug-likeness (QED) is 0.697. The number of hydrogen-bond donors (Lipinski definition) is 0. The molecule has 2 aromatic rings. The molecule has 0 bridgehead atoms. The lowest BCUT2D eigenvalue weighted by Gasteiger charge is -2.31. The van der Waals surface area contributed by atoms with Crippen molar-refractivity contribution in [3.05, 3.63) is 29.7 Å². The van der Waals surface area contributed by atoms with Gasteiger partial charge in [-0.3, -0.25) is 0 Å². The topological polar surface area (TPSA) is 34.0 Å². The molecule has 0 amide bonds. The summed E-state index contributed by atoms with van der Waals surface area (Å²) >= 11 is 0. The molecule has 0 N–H and O–H groups in total. The molecular formula is C12H13FN4. The molecule has 2 heterocycles. The van der Waals surface area contributed by atoms with Gasteiger partial charge in [-0.1, -0.05) is 0 Å². The van der Waals surface area contributed by atoms with E-state index in [0.717, 1.165) is 22.6 Å². The van der Waals surface area contributed by atoms with Gasteiger partial charge in [-0.25, -0.2) is 4.39 Å². The van der Waals surface area contributed by atoms with E-state index in [1.54, 1.807) is 13.1 Å². The number of halogens is 1. The second kappa shape index (κ2) is 3.29. The standard InChI is InChI=1S/C12H13FN4/c1-7-11-12(15-17(3)14-11)9-6-8(13)4-5-10(9)16(7)2/h4-7H,1-3H3. The van der Waals surface area contributed by atoms with Gasteiger partial charge in [0.15, 0.2) is 0 Å². The number of aryl methyl sites for hydroxylation is 1. The van der Waals surface area contributed by atoms with Gasteiger partial charge in [0, 0.05) is 25.3 Å². The maximum atomic E-state index is 13.3. The summed E-state index contributed by atoms with van der Waals surface area (Å²) in [5, 5.41) is 8.68. The largest absolute Gasteiger partial charge is 0.366 e. The van der Waals surface area contributed by atoms with Crippen LogP contribution in [0.1, 0.15) is 18.7 Å². The van der Waals surface area contributed by atoms with E-state index in [0.29, 0.717) is 0 Å². The highest BCUT2D eigenvalue weighted by atomic mass is 19.1. The van der Waals surface area contributed by atoms with Crippen molar-refractivity contribution in [1.29, 1.82) is 0 Å². The summed E-state index contributed by atoms with van der Waals surface area (Å²) in [7, 11) is 3.77. The lowest BCUT2D eigenvalue weighted by Crippen LogP contribution is -2.26. The van der Waals surface area contributed by atoms with Crippen molar-refractivity contribution in [2.75, 3.05) is 11.9 Å². The zero-order valence-corrected chi connectivity index (χ0v) is 9.98. The molecule has 0 spiro atoms. The minimum absolute atomic E-state index is 0.150. The zero-order chi connectivity index (χ0) is 12.2. The van der Waals surface area contributed by atoms with E-state index in [2.05, 4.69) is 22.0 Å². The molecule has 1 aliphatic heterocycles. The fourth-order valence-corrected chi connectivity index (χ4v) is 2.29.